The molecule has 2 heterocycles. The monoisotopic (exact) mass is 339 g/mol. The molecule has 3 rings (SSSR count). The van der Waals surface area contributed by atoms with Crippen LogP contribution in [0.3, 0.4) is 0 Å². The van der Waals surface area contributed by atoms with Crippen molar-refractivity contribution in [2.45, 2.75) is 18.9 Å². The Balaban J connectivity index is 1.66. The minimum atomic E-state index is -0.518. The van der Waals surface area contributed by atoms with E-state index in [2.05, 4.69) is 5.32 Å². The van der Waals surface area contributed by atoms with Gasteiger partial charge in [0.1, 0.15) is 5.82 Å². The van der Waals surface area contributed by atoms with Crippen LogP contribution in [0.1, 0.15) is 12.0 Å². The Kier molecular flexibility index (Phi) is 4.21. The summed E-state index contributed by atoms with van der Waals surface area (Å²) in [5.41, 5.74) is 0.164. The molecule has 1 atom stereocenters. The summed E-state index contributed by atoms with van der Waals surface area (Å²) in [6.07, 6.45) is 0.383. The highest BCUT2D eigenvalue weighted by atomic mass is 35.5. The first-order chi connectivity index (χ1) is 11.0. The molecule has 6 nitrogen and oxygen atoms in total. The van der Waals surface area contributed by atoms with E-state index in [1.165, 1.54) is 28.0 Å². The normalized spacial score (nSPS) is 21.0. The lowest BCUT2D eigenvalue weighted by Crippen LogP contribution is -2.43. The lowest BCUT2D eigenvalue weighted by Gasteiger charge is -2.21. The van der Waals surface area contributed by atoms with E-state index in [4.69, 9.17) is 11.6 Å². The quantitative estimate of drug-likeness (QED) is 0.841. The van der Waals surface area contributed by atoms with Gasteiger partial charge in [-0.25, -0.2) is 9.18 Å². The molecule has 2 aliphatic rings. The lowest BCUT2D eigenvalue weighted by atomic mass is 10.1. The van der Waals surface area contributed by atoms with Gasteiger partial charge in [0.2, 0.25) is 11.8 Å². The van der Waals surface area contributed by atoms with Crippen molar-refractivity contribution in [2.24, 2.45) is 0 Å². The number of carbonyl (C=O) groups is 3. The molecule has 2 fully saturated rings. The van der Waals surface area contributed by atoms with Gasteiger partial charge in [-0.3, -0.25) is 14.5 Å². The number of urea groups is 1. The molecule has 0 bridgehead atoms. The van der Waals surface area contributed by atoms with E-state index in [9.17, 15) is 18.8 Å². The molecule has 23 heavy (non-hydrogen) atoms. The van der Waals surface area contributed by atoms with Gasteiger partial charge in [0.05, 0.1) is 19.0 Å². The third-order valence-corrected chi connectivity index (χ3v) is 4.50. The average molecular weight is 340 g/mol. The van der Waals surface area contributed by atoms with Crippen molar-refractivity contribution in [2.75, 3.05) is 19.6 Å². The summed E-state index contributed by atoms with van der Waals surface area (Å²) in [7, 11) is 0. The highest BCUT2D eigenvalue weighted by Gasteiger charge is 2.39. The van der Waals surface area contributed by atoms with Crippen LogP contribution in [0.4, 0.5) is 9.18 Å². The fourth-order valence-electron chi connectivity index (χ4n) is 2.95. The number of amides is 4. The minimum Gasteiger partial charge on any atom is -0.340 e. The van der Waals surface area contributed by atoms with Crippen LogP contribution >= 0.6 is 11.6 Å². The zero-order valence-corrected chi connectivity index (χ0v) is 13.0. The van der Waals surface area contributed by atoms with Gasteiger partial charge < -0.3 is 10.2 Å². The van der Waals surface area contributed by atoms with Crippen LogP contribution in [0.5, 0.6) is 0 Å². The number of hydrogen-bond acceptors (Lipinski definition) is 3. The molecule has 1 N–H and O–H groups in total. The van der Waals surface area contributed by atoms with Crippen LogP contribution in [0.25, 0.3) is 0 Å². The molecule has 0 saturated carbocycles. The van der Waals surface area contributed by atoms with Crippen LogP contribution in [-0.4, -0.2) is 53.3 Å². The second-order valence-corrected chi connectivity index (χ2v) is 5.99. The summed E-state index contributed by atoms with van der Waals surface area (Å²) in [6, 6.07) is 3.52. The Morgan fingerprint density at radius 2 is 2.17 bits per heavy atom. The van der Waals surface area contributed by atoms with Crippen molar-refractivity contribution in [1.29, 1.82) is 0 Å². The number of halogens is 2. The molecular formula is C15H15ClFN3O3. The second-order valence-electron chi connectivity index (χ2n) is 5.58. The van der Waals surface area contributed by atoms with Gasteiger partial charge in [-0.05, 0) is 18.6 Å². The van der Waals surface area contributed by atoms with Gasteiger partial charge in [0, 0.05) is 23.7 Å². The maximum atomic E-state index is 13.8. The number of likely N-dealkylation sites (tertiary alicyclic amines) is 1. The highest BCUT2D eigenvalue weighted by molar-refractivity contribution is 6.31. The average Bonchev–Trinajstić information content (AvgIpc) is 3.10. The molecule has 8 heteroatoms. The van der Waals surface area contributed by atoms with Crippen LogP contribution in [0.2, 0.25) is 5.02 Å². The Morgan fingerprint density at radius 3 is 2.83 bits per heavy atom. The van der Waals surface area contributed by atoms with Gasteiger partial charge in [0.25, 0.3) is 0 Å². The number of benzene rings is 1. The summed E-state index contributed by atoms with van der Waals surface area (Å²) < 4.78 is 13.8. The predicted molar refractivity (Wildman–Crippen MR) is 80.3 cm³/mol. The Hall–Kier alpha value is -2.15. The van der Waals surface area contributed by atoms with E-state index in [1.54, 1.807) is 0 Å². The molecule has 1 unspecified atom stereocenters. The third-order valence-electron chi connectivity index (χ3n) is 4.15. The lowest BCUT2D eigenvalue weighted by molar-refractivity contribution is -0.131. The summed E-state index contributed by atoms with van der Waals surface area (Å²) in [5, 5.41) is 2.67. The van der Waals surface area contributed by atoms with E-state index < -0.39 is 11.8 Å². The van der Waals surface area contributed by atoms with Gasteiger partial charge in [0.15, 0.2) is 0 Å². The number of carbonyl (C=O) groups excluding carboxylic acids is 3. The number of nitrogens with one attached hydrogen (secondary N) is 1. The van der Waals surface area contributed by atoms with Crippen molar-refractivity contribution in [3.63, 3.8) is 0 Å². The van der Waals surface area contributed by atoms with Gasteiger partial charge in [-0.1, -0.05) is 17.7 Å². The summed E-state index contributed by atoms with van der Waals surface area (Å²) in [4.78, 5) is 38.4. The van der Waals surface area contributed by atoms with Gasteiger partial charge in [-0.15, -0.1) is 0 Å². The number of rotatable bonds is 3. The molecule has 4 amide bonds. The number of nitrogens with zero attached hydrogens (tertiary/aromatic N) is 2. The smallest absolute Gasteiger partial charge is 0.324 e. The Morgan fingerprint density at radius 1 is 1.39 bits per heavy atom. The third kappa shape index (κ3) is 3.01. The van der Waals surface area contributed by atoms with Gasteiger partial charge >= 0.3 is 6.03 Å². The van der Waals surface area contributed by atoms with Crippen molar-refractivity contribution < 1.29 is 18.8 Å². The fraction of sp³-hybridized carbons (Fsp3) is 0.400. The number of hydrogen-bond donors (Lipinski definition) is 1. The maximum Gasteiger partial charge on any atom is 0.324 e. The van der Waals surface area contributed by atoms with E-state index in [1.807, 2.05) is 0 Å². The summed E-state index contributed by atoms with van der Waals surface area (Å²) >= 11 is 5.93. The second kappa shape index (κ2) is 6.16. The van der Waals surface area contributed by atoms with E-state index >= 15 is 0 Å². The molecule has 2 saturated heterocycles. The molecule has 0 radical (unpaired) electrons. The molecule has 0 aromatic heterocycles. The largest absolute Gasteiger partial charge is 0.340 e. The van der Waals surface area contributed by atoms with Crippen molar-refractivity contribution >= 4 is 29.4 Å². The first kappa shape index (κ1) is 15.7. The molecule has 122 valence electrons. The zero-order valence-electron chi connectivity index (χ0n) is 12.2. The van der Waals surface area contributed by atoms with Crippen LogP contribution in [0, 0.1) is 5.82 Å². The maximum absolute atomic E-state index is 13.8. The van der Waals surface area contributed by atoms with Crippen molar-refractivity contribution in [3.05, 3.63) is 34.6 Å². The molecule has 0 spiro atoms. The van der Waals surface area contributed by atoms with E-state index in [0.717, 1.165) is 0 Å². The van der Waals surface area contributed by atoms with Crippen LogP contribution in [0.15, 0.2) is 18.2 Å². The first-order valence-electron chi connectivity index (χ1n) is 7.28. The summed E-state index contributed by atoms with van der Waals surface area (Å²) in [6.45, 7) is 0.685. The van der Waals surface area contributed by atoms with Crippen LogP contribution < -0.4 is 5.32 Å². The molecular weight excluding hydrogens is 325 g/mol. The molecule has 2 aliphatic heterocycles. The first-order valence-corrected chi connectivity index (χ1v) is 7.65. The fourth-order valence-corrected chi connectivity index (χ4v) is 3.18. The summed E-state index contributed by atoms with van der Waals surface area (Å²) in [5.74, 6) is -1.08. The van der Waals surface area contributed by atoms with Crippen LogP contribution in [-0.2, 0) is 16.0 Å². The SMILES string of the molecule is O=C(Cc1c(F)cccc1Cl)N1CCC(N2C(=O)CNC2=O)C1. The Bertz CT molecular complexity index is 646. The molecule has 1 aromatic carbocycles. The topological polar surface area (TPSA) is 69.7 Å². The molecule has 0 aliphatic carbocycles. The predicted octanol–water partition coefficient (Wildman–Crippen LogP) is 1.17. The van der Waals surface area contributed by atoms with E-state index in [0.29, 0.717) is 13.0 Å². The standard InChI is InChI=1S/C15H15ClFN3O3/c16-11-2-1-3-12(17)10(11)6-13(21)19-5-4-9(8-19)20-14(22)7-18-15(20)23/h1-3,9H,4-8H2,(H,18,23). The van der Waals surface area contributed by atoms with Crippen molar-refractivity contribution in [3.8, 4) is 0 Å². The highest BCUT2D eigenvalue weighted by Crippen LogP contribution is 2.23. The Labute approximate surface area is 137 Å². The molecule has 1 aromatic rings. The minimum absolute atomic E-state index is 0.00584. The van der Waals surface area contributed by atoms with Crippen molar-refractivity contribution in [1.82, 2.24) is 15.1 Å². The number of imide groups is 1. The zero-order chi connectivity index (χ0) is 16.6. The van der Waals surface area contributed by atoms with Gasteiger partial charge in [-0.2, -0.15) is 0 Å². The van der Waals surface area contributed by atoms with E-state index in [-0.39, 0.29) is 48.0 Å².